The highest BCUT2D eigenvalue weighted by Crippen LogP contribution is 2.13. The second-order valence-electron chi connectivity index (χ2n) is 6.25. The highest BCUT2D eigenvalue weighted by molar-refractivity contribution is 7.89. The molecule has 1 N–H and O–H groups in total. The van der Waals surface area contributed by atoms with Gasteiger partial charge in [-0.25, -0.2) is 13.1 Å². The average Bonchev–Trinajstić information content (AvgIpc) is 3.03. The van der Waals surface area contributed by atoms with Crippen LogP contribution in [-0.4, -0.2) is 13.0 Å². The second-order valence-corrected chi connectivity index (χ2v) is 8.02. The molecular formula is C20H22N2O2S. The predicted octanol–water partition coefficient (Wildman–Crippen LogP) is 3.63. The van der Waals surface area contributed by atoms with Crippen molar-refractivity contribution in [1.29, 1.82) is 0 Å². The first-order valence-electron chi connectivity index (χ1n) is 8.20. The molecular weight excluding hydrogens is 332 g/mol. The van der Waals surface area contributed by atoms with Crippen molar-refractivity contribution in [1.82, 2.24) is 9.29 Å². The monoisotopic (exact) mass is 354 g/mol. The van der Waals surface area contributed by atoms with Gasteiger partial charge in [0.15, 0.2) is 0 Å². The van der Waals surface area contributed by atoms with Gasteiger partial charge in [-0.05, 0) is 43.7 Å². The molecule has 0 amide bonds. The van der Waals surface area contributed by atoms with Crippen molar-refractivity contribution in [3.8, 4) is 0 Å². The lowest BCUT2D eigenvalue weighted by atomic mass is 10.1. The highest BCUT2D eigenvalue weighted by atomic mass is 32.2. The van der Waals surface area contributed by atoms with E-state index >= 15 is 0 Å². The molecule has 5 heteroatoms. The fraction of sp³-hybridized carbons (Fsp3) is 0.200. The van der Waals surface area contributed by atoms with E-state index in [-0.39, 0.29) is 11.4 Å². The first-order chi connectivity index (χ1) is 11.9. The van der Waals surface area contributed by atoms with Gasteiger partial charge in [0.05, 0.1) is 11.4 Å². The van der Waals surface area contributed by atoms with Gasteiger partial charge in [0.1, 0.15) is 0 Å². The van der Waals surface area contributed by atoms with Crippen LogP contribution in [0.1, 0.15) is 22.4 Å². The molecule has 0 radical (unpaired) electrons. The molecule has 3 aromatic rings. The van der Waals surface area contributed by atoms with E-state index in [0.717, 1.165) is 17.8 Å². The first-order valence-corrected chi connectivity index (χ1v) is 9.68. The van der Waals surface area contributed by atoms with Gasteiger partial charge in [-0.3, -0.25) is 0 Å². The molecule has 3 rings (SSSR count). The molecule has 0 aliphatic carbocycles. The van der Waals surface area contributed by atoms with E-state index in [1.807, 2.05) is 25.3 Å². The Bertz CT molecular complexity index is 940. The molecule has 0 atom stereocenters. The zero-order valence-electron chi connectivity index (χ0n) is 14.4. The molecule has 4 nitrogen and oxygen atoms in total. The maximum Gasteiger partial charge on any atom is 0.240 e. The highest BCUT2D eigenvalue weighted by Gasteiger charge is 2.14. The van der Waals surface area contributed by atoms with E-state index in [1.165, 1.54) is 11.1 Å². The summed E-state index contributed by atoms with van der Waals surface area (Å²) in [5, 5.41) is 0. The standard InChI is InChI=1S/C20H22N2O2S/c1-16-5-9-18(10-6-16)15-22-13-3-4-19(22)14-21-25(23,24)20-11-7-17(2)8-12-20/h3-13,21H,14-15H2,1-2H3. The summed E-state index contributed by atoms with van der Waals surface area (Å²) in [5.74, 6) is 0. The molecule has 1 heterocycles. The minimum absolute atomic E-state index is 0.259. The number of nitrogens with one attached hydrogen (secondary N) is 1. The van der Waals surface area contributed by atoms with Crippen LogP contribution in [-0.2, 0) is 23.1 Å². The van der Waals surface area contributed by atoms with E-state index < -0.39 is 10.0 Å². The largest absolute Gasteiger partial charge is 0.346 e. The van der Waals surface area contributed by atoms with Crippen molar-refractivity contribution in [2.24, 2.45) is 0 Å². The third kappa shape index (κ3) is 4.38. The van der Waals surface area contributed by atoms with E-state index in [9.17, 15) is 8.42 Å². The van der Waals surface area contributed by atoms with Gasteiger partial charge in [-0.2, -0.15) is 0 Å². The van der Waals surface area contributed by atoms with Crippen molar-refractivity contribution >= 4 is 10.0 Å². The van der Waals surface area contributed by atoms with Crippen molar-refractivity contribution in [2.45, 2.75) is 31.8 Å². The first kappa shape index (κ1) is 17.5. The fourth-order valence-electron chi connectivity index (χ4n) is 2.62. The Kier molecular flexibility index (Phi) is 5.06. The van der Waals surface area contributed by atoms with Gasteiger partial charge < -0.3 is 4.57 Å². The SMILES string of the molecule is Cc1ccc(Cn2cccc2CNS(=O)(=O)c2ccc(C)cc2)cc1. The topological polar surface area (TPSA) is 51.1 Å². The number of sulfonamides is 1. The summed E-state index contributed by atoms with van der Waals surface area (Å²) in [6, 6.07) is 19.1. The van der Waals surface area contributed by atoms with E-state index in [4.69, 9.17) is 0 Å². The molecule has 1 aromatic heterocycles. The van der Waals surface area contributed by atoms with Crippen LogP contribution in [0.15, 0.2) is 71.8 Å². The molecule has 130 valence electrons. The molecule has 0 spiro atoms. The van der Waals surface area contributed by atoms with Crippen molar-refractivity contribution in [3.05, 3.63) is 89.2 Å². The molecule has 0 saturated heterocycles. The van der Waals surface area contributed by atoms with Gasteiger partial charge >= 0.3 is 0 Å². The van der Waals surface area contributed by atoms with E-state index in [0.29, 0.717) is 0 Å². The van der Waals surface area contributed by atoms with Crippen LogP contribution in [0.25, 0.3) is 0 Å². The molecule has 0 unspecified atom stereocenters. The summed E-state index contributed by atoms with van der Waals surface area (Å²) in [5.41, 5.74) is 4.37. The summed E-state index contributed by atoms with van der Waals surface area (Å²) in [7, 11) is -3.51. The molecule has 0 fully saturated rings. The van der Waals surface area contributed by atoms with Gasteiger partial charge in [-0.15, -0.1) is 0 Å². The Balaban J connectivity index is 1.71. The van der Waals surface area contributed by atoms with Crippen LogP contribution < -0.4 is 4.72 Å². The molecule has 0 aliphatic heterocycles. The summed E-state index contributed by atoms with van der Waals surface area (Å²) >= 11 is 0. The van der Waals surface area contributed by atoms with Crippen LogP contribution in [0.5, 0.6) is 0 Å². The second kappa shape index (κ2) is 7.25. The van der Waals surface area contributed by atoms with Crippen molar-refractivity contribution in [3.63, 3.8) is 0 Å². The normalized spacial score (nSPS) is 11.6. The smallest absolute Gasteiger partial charge is 0.240 e. The third-order valence-corrected chi connectivity index (χ3v) is 5.59. The number of aromatic nitrogens is 1. The Hall–Kier alpha value is -2.37. The molecule has 2 aromatic carbocycles. The Morgan fingerprint density at radius 3 is 2.12 bits per heavy atom. The maximum atomic E-state index is 12.4. The Labute approximate surface area is 149 Å². The molecule has 0 bridgehead atoms. The van der Waals surface area contributed by atoms with Crippen molar-refractivity contribution in [2.75, 3.05) is 0 Å². The lowest BCUT2D eigenvalue weighted by Crippen LogP contribution is -2.24. The number of hydrogen-bond donors (Lipinski definition) is 1. The lowest BCUT2D eigenvalue weighted by molar-refractivity contribution is 0.578. The average molecular weight is 354 g/mol. The van der Waals surface area contributed by atoms with Gasteiger partial charge in [-0.1, -0.05) is 47.5 Å². The zero-order chi connectivity index (χ0) is 17.9. The number of hydrogen-bond acceptors (Lipinski definition) is 2. The minimum atomic E-state index is -3.51. The summed E-state index contributed by atoms with van der Waals surface area (Å²) in [4.78, 5) is 0.287. The molecule has 25 heavy (non-hydrogen) atoms. The van der Waals surface area contributed by atoms with Crippen LogP contribution >= 0.6 is 0 Å². The Morgan fingerprint density at radius 1 is 0.880 bits per heavy atom. The number of rotatable bonds is 6. The quantitative estimate of drug-likeness (QED) is 0.735. The Morgan fingerprint density at radius 2 is 1.48 bits per heavy atom. The van der Waals surface area contributed by atoms with Crippen LogP contribution in [0.2, 0.25) is 0 Å². The number of nitrogens with zero attached hydrogens (tertiary/aromatic N) is 1. The van der Waals surface area contributed by atoms with E-state index in [1.54, 1.807) is 24.3 Å². The van der Waals surface area contributed by atoms with Crippen LogP contribution in [0, 0.1) is 13.8 Å². The van der Waals surface area contributed by atoms with Gasteiger partial charge in [0.25, 0.3) is 0 Å². The van der Waals surface area contributed by atoms with Crippen LogP contribution in [0.4, 0.5) is 0 Å². The molecule has 0 saturated carbocycles. The minimum Gasteiger partial charge on any atom is -0.346 e. The van der Waals surface area contributed by atoms with Gasteiger partial charge in [0, 0.05) is 18.4 Å². The number of benzene rings is 2. The summed E-state index contributed by atoms with van der Waals surface area (Å²) in [6.07, 6.45) is 1.97. The summed E-state index contributed by atoms with van der Waals surface area (Å²) in [6.45, 7) is 4.97. The fourth-order valence-corrected chi connectivity index (χ4v) is 3.62. The summed E-state index contributed by atoms with van der Waals surface area (Å²) < 4.78 is 29.6. The predicted molar refractivity (Wildman–Crippen MR) is 99.9 cm³/mol. The zero-order valence-corrected chi connectivity index (χ0v) is 15.3. The number of aryl methyl sites for hydroxylation is 2. The van der Waals surface area contributed by atoms with Crippen molar-refractivity contribution < 1.29 is 8.42 Å². The lowest BCUT2D eigenvalue weighted by Gasteiger charge is -2.11. The molecule has 0 aliphatic rings. The van der Waals surface area contributed by atoms with E-state index in [2.05, 4.69) is 40.5 Å². The van der Waals surface area contributed by atoms with Gasteiger partial charge in [0.2, 0.25) is 10.0 Å². The van der Waals surface area contributed by atoms with Crippen LogP contribution in [0.3, 0.4) is 0 Å². The maximum absolute atomic E-state index is 12.4. The third-order valence-electron chi connectivity index (χ3n) is 4.17.